The Morgan fingerprint density at radius 1 is 1.26 bits per heavy atom. The van der Waals surface area contributed by atoms with Gasteiger partial charge in [0.2, 0.25) is 0 Å². The molecule has 1 aromatic rings. The molecule has 0 bridgehead atoms. The Bertz CT molecular complexity index is 493. The van der Waals surface area contributed by atoms with Gasteiger partial charge in [0.1, 0.15) is 0 Å². The predicted molar refractivity (Wildman–Crippen MR) is 70.3 cm³/mol. The van der Waals surface area contributed by atoms with Gasteiger partial charge in [-0.05, 0) is 50.9 Å². The van der Waals surface area contributed by atoms with Gasteiger partial charge in [-0.15, -0.1) is 0 Å². The Morgan fingerprint density at radius 2 is 1.89 bits per heavy atom. The number of ketones is 1. The van der Waals surface area contributed by atoms with Crippen LogP contribution in [0.1, 0.15) is 42.1 Å². The van der Waals surface area contributed by atoms with Crippen LogP contribution in [0.4, 0.5) is 8.78 Å². The fourth-order valence-electron chi connectivity index (χ4n) is 2.75. The van der Waals surface area contributed by atoms with Crippen molar-refractivity contribution in [2.24, 2.45) is 5.41 Å². The lowest BCUT2D eigenvalue weighted by Gasteiger charge is -2.35. The van der Waals surface area contributed by atoms with E-state index in [0.717, 1.165) is 13.1 Å². The fraction of sp³-hybridized carbons (Fsp3) is 0.533. The second-order valence-electron chi connectivity index (χ2n) is 5.27. The summed E-state index contributed by atoms with van der Waals surface area (Å²) in [7, 11) is 0. The highest BCUT2D eigenvalue weighted by Crippen LogP contribution is 2.37. The molecule has 0 saturated carbocycles. The van der Waals surface area contributed by atoms with E-state index in [2.05, 4.69) is 5.32 Å². The number of hydrogen-bond donors (Lipinski definition) is 1. The number of aryl methyl sites for hydroxylation is 1. The minimum Gasteiger partial charge on any atom is -0.317 e. The third-order valence-corrected chi connectivity index (χ3v) is 4.24. The number of carbonyl (C=O) groups is 1. The molecule has 0 atom stereocenters. The van der Waals surface area contributed by atoms with E-state index in [-0.39, 0.29) is 16.9 Å². The lowest BCUT2D eigenvalue weighted by atomic mass is 9.71. The average molecular weight is 267 g/mol. The van der Waals surface area contributed by atoms with Crippen molar-refractivity contribution < 1.29 is 13.6 Å². The van der Waals surface area contributed by atoms with Crippen molar-refractivity contribution in [3.05, 3.63) is 34.9 Å². The van der Waals surface area contributed by atoms with Gasteiger partial charge in [-0.1, -0.05) is 13.0 Å². The lowest BCUT2D eigenvalue weighted by molar-refractivity contribution is 0.0712. The second-order valence-corrected chi connectivity index (χ2v) is 5.27. The van der Waals surface area contributed by atoms with Crippen LogP contribution in [0.5, 0.6) is 0 Å². The SMILES string of the molecule is CCC1(C(=O)c2ccc(C)c(F)c2F)CCNCC1. The summed E-state index contributed by atoms with van der Waals surface area (Å²) in [6.07, 6.45) is 2.01. The van der Waals surface area contributed by atoms with Crippen LogP contribution in [0.25, 0.3) is 0 Å². The van der Waals surface area contributed by atoms with Crippen molar-refractivity contribution in [1.29, 1.82) is 0 Å². The average Bonchev–Trinajstić information content (AvgIpc) is 2.45. The summed E-state index contributed by atoms with van der Waals surface area (Å²) in [6, 6.07) is 2.88. The first-order valence-electron chi connectivity index (χ1n) is 6.72. The van der Waals surface area contributed by atoms with Crippen LogP contribution in [-0.4, -0.2) is 18.9 Å². The Morgan fingerprint density at radius 3 is 2.47 bits per heavy atom. The minimum atomic E-state index is -1.00. The van der Waals surface area contributed by atoms with Crippen LogP contribution in [0.2, 0.25) is 0 Å². The van der Waals surface area contributed by atoms with E-state index >= 15 is 0 Å². The number of halogens is 2. The molecule has 0 aromatic heterocycles. The van der Waals surface area contributed by atoms with Crippen molar-refractivity contribution in [1.82, 2.24) is 5.32 Å². The predicted octanol–water partition coefficient (Wildman–Crippen LogP) is 3.24. The van der Waals surface area contributed by atoms with E-state index in [1.165, 1.54) is 19.1 Å². The Labute approximate surface area is 112 Å². The molecule has 0 unspecified atom stereocenters. The van der Waals surface area contributed by atoms with Gasteiger partial charge in [0, 0.05) is 5.41 Å². The molecule has 1 saturated heterocycles. The third kappa shape index (κ3) is 2.41. The van der Waals surface area contributed by atoms with Crippen molar-refractivity contribution in [2.75, 3.05) is 13.1 Å². The van der Waals surface area contributed by atoms with Gasteiger partial charge in [-0.3, -0.25) is 4.79 Å². The van der Waals surface area contributed by atoms with E-state index in [9.17, 15) is 13.6 Å². The summed E-state index contributed by atoms with van der Waals surface area (Å²) >= 11 is 0. The zero-order chi connectivity index (χ0) is 14.0. The van der Waals surface area contributed by atoms with Crippen molar-refractivity contribution >= 4 is 5.78 Å². The first-order chi connectivity index (χ1) is 9.02. The van der Waals surface area contributed by atoms with Gasteiger partial charge in [0.25, 0.3) is 0 Å². The first kappa shape index (κ1) is 14.1. The molecule has 0 aliphatic carbocycles. The first-order valence-corrected chi connectivity index (χ1v) is 6.72. The van der Waals surface area contributed by atoms with Gasteiger partial charge >= 0.3 is 0 Å². The van der Waals surface area contributed by atoms with E-state index in [4.69, 9.17) is 0 Å². The Hall–Kier alpha value is -1.29. The molecule has 1 aliphatic heterocycles. The molecule has 1 N–H and O–H groups in total. The largest absolute Gasteiger partial charge is 0.317 e. The number of rotatable bonds is 3. The number of nitrogens with one attached hydrogen (secondary N) is 1. The van der Waals surface area contributed by atoms with Crippen molar-refractivity contribution in [3.8, 4) is 0 Å². The maximum absolute atomic E-state index is 14.0. The molecule has 4 heteroatoms. The molecule has 1 aromatic carbocycles. The maximum Gasteiger partial charge on any atom is 0.172 e. The molecular formula is C15H19F2NO. The Kier molecular flexibility index (Phi) is 3.99. The fourth-order valence-corrected chi connectivity index (χ4v) is 2.75. The normalized spacial score (nSPS) is 18.3. The standard InChI is InChI=1S/C15H19F2NO/c1-3-15(6-8-18-9-7-15)14(19)11-5-4-10(2)12(16)13(11)17/h4-5,18H,3,6-9H2,1-2H3. The molecule has 1 aliphatic rings. The number of benzene rings is 1. The van der Waals surface area contributed by atoms with Gasteiger partial charge in [0.15, 0.2) is 17.4 Å². The van der Waals surface area contributed by atoms with Gasteiger partial charge < -0.3 is 5.32 Å². The van der Waals surface area contributed by atoms with Crippen molar-refractivity contribution in [3.63, 3.8) is 0 Å². The molecule has 2 rings (SSSR count). The van der Waals surface area contributed by atoms with Crippen LogP contribution >= 0.6 is 0 Å². The molecule has 1 fully saturated rings. The highest BCUT2D eigenvalue weighted by atomic mass is 19.2. The van der Waals surface area contributed by atoms with Crippen LogP contribution < -0.4 is 5.32 Å². The third-order valence-electron chi connectivity index (χ3n) is 4.24. The van der Waals surface area contributed by atoms with Gasteiger partial charge in [-0.25, -0.2) is 8.78 Å². The number of hydrogen-bond acceptors (Lipinski definition) is 2. The van der Waals surface area contributed by atoms with Gasteiger partial charge in [-0.2, -0.15) is 0 Å². The highest BCUT2D eigenvalue weighted by Gasteiger charge is 2.39. The molecule has 104 valence electrons. The summed E-state index contributed by atoms with van der Waals surface area (Å²) in [5.41, 5.74) is -0.426. The van der Waals surface area contributed by atoms with E-state index in [1.54, 1.807) is 0 Å². The quantitative estimate of drug-likeness (QED) is 0.852. The van der Waals surface area contributed by atoms with Crippen LogP contribution in [0.3, 0.4) is 0 Å². The van der Waals surface area contributed by atoms with Crippen LogP contribution in [0.15, 0.2) is 12.1 Å². The molecule has 2 nitrogen and oxygen atoms in total. The monoisotopic (exact) mass is 267 g/mol. The van der Waals surface area contributed by atoms with E-state index in [1.807, 2.05) is 6.92 Å². The number of piperidine rings is 1. The summed E-state index contributed by atoms with van der Waals surface area (Å²) in [5.74, 6) is -2.17. The highest BCUT2D eigenvalue weighted by molar-refractivity contribution is 6.00. The maximum atomic E-state index is 14.0. The van der Waals surface area contributed by atoms with Crippen LogP contribution in [0, 0.1) is 24.0 Å². The molecule has 19 heavy (non-hydrogen) atoms. The summed E-state index contributed by atoms with van der Waals surface area (Å²) in [6.45, 7) is 4.92. The van der Waals surface area contributed by atoms with Crippen LogP contribution in [-0.2, 0) is 0 Å². The molecule has 0 spiro atoms. The zero-order valence-corrected chi connectivity index (χ0v) is 11.4. The number of Topliss-reactive ketones (excluding diaryl/α,β-unsaturated/α-hetero) is 1. The summed E-state index contributed by atoms with van der Waals surface area (Å²) in [4.78, 5) is 12.6. The molecular weight excluding hydrogens is 248 g/mol. The topological polar surface area (TPSA) is 29.1 Å². The van der Waals surface area contributed by atoms with Crippen molar-refractivity contribution in [2.45, 2.75) is 33.1 Å². The Balaban J connectivity index is 2.40. The second kappa shape index (κ2) is 5.37. The van der Waals surface area contributed by atoms with E-state index < -0.39 is 17.0 Å². The smallest absolute Gasteiger partial charge is 0.172 e. The molecule has 1 heterocycles. The summed E-state index contributed by atoms with van der Waals surface area (Å²) < 4.78 is 27.6. The molecule has 0 amide bonds. The lowest BCUT2D eigenvalue weighted by Crippen LogP contribution is -2.42. The molecule has 0 radical (unpaired) electrons. The minimum absolute atomic E-state index is 0.105. The van der Waals surface area contributed by atoms with E-state index in [0.29, 0.717) is 19.3 Å². The number of carbonyl (C=O) groups excluding carboxylic acids is 1. The van der Waals surface area contributed by atoms with Gasteiger partial charge in [0.05, 0.1) is 5.56 Å². The zero-order valence-electron chi connectivity index (χ0n) is 11.4. The summed E-state index contributed by atoms with van der Waals surface area (Å²) in [5, 5.41) is 3.20.